The first-order valence-electron chi connectivity index (χ1n) is 18.1. The predicted molar refractivity (Wildman–Crippen MR) is 182 cm³/mol. The number of aliphatic hydroxyl groups is 10. The number of carboxylic acid groups (broad SMARTS) is 2. The lowest BCUT2D eigenvalue weighted by Crippen LogP contribution is -2.66. The molecule has 23 nitrogen and oxygen atoms in total. The number of fused-ring (bicyclic) bond motifs is 1. The second-order valence-electron chi connectivity index (χ2n) is 14.8. The summed E-state index contributed by atoms with van der Waals surface area (Å²) in [5.74, 6) is -3.04. The van der Waals surface area contributed by atoms with Gasteiger partial charge in [0.15, 0.2) is 18.4 Å². The maximum Gasteiger partial charge on any atom is 0.335 e. The number of ether oxygens (including phenoxy) is 6. The number of nitrogens with zero attached hydrogens (tertiary/aromatic N) is 1. The van der Waals surface area contributed by atoms with Crippen LogP contribution in [0.15, 0.2) is 0 Å². The Hall–Kier alpha value is -2.27. The number of rotatable bonds is 12. The van der Waals surface area contributed by atoms with Crippen molar-refractivity contribution in [2.75, 3.05) is 19.8 Å². The topological polar surface area (TPSA) is 378 Å². The van der Waals surface area contributed by atoms with E-state index in [2.05, 4.69) is 0 Å². The number of nitrogens with two attached hydrogens (primary N) is 1. The highest BCUT2D eigenvalue weighted by molar-refractivity contribution is 5.74. The summed E-state index contributed by atoms with van der Waals surface area (Å²) in [5, 5.41) is 118. The van der Waals surface area contributed by atoms with E-state index in [0.717, 1.165) is 0 Å². The second kappa shape index (κ2) is 19.2. The van der Waals surface area contributed by atoms with Crippen molar-refractivity contribution < 1.29 is 104 Å². The quantitative estimate of drug-likeness (QED) is 0.0643. The van der Waals surface area contributed by atoms with Crippen LogP contribution in [0.3, 0.4) is 0 Å². The number of hydrogen-bond donors (Lipinski definition) is 13. The van der Waals surface area contributed by atoms with Gasteiger partial charge in [0.1, 0.15) is 91.5 Å². The summed E-state index contributed by atoms with van der Waals surface area (Å²) >= 11 is 0. The van der Waals surface area contributed by atoms with Crippen LogP contribution < -0.4 is 5.73 Å². The van der Waals surface area contributed by atoms with E-state index in [1.54, 1.807) is 0 Å². The molecule has 0 aromatic rings. The lowest BCUT2D eigenvalue weighted by molar-refractivity contribution is -0.288. The van der Waals surface area contributed by atoms with E-state index in [-0.39, 0.29) is 6.54 Å². The Morgan fingerprint density at radius 1 is 0.625 bits per heavy atom. The van der Waals surface area contributed by atoms with Crippen LogP contribution in [0.5, 0.6) is 0 Å². The molecule has 1 amide bonds. The smallest absolute Gasteiger partial charge is 0.335 e. The van der Waals surface area contributed by atoms with Crippen LogP contribution in [-0.4, -0.2) is 232 Å². The monoisotopic (exact) mass is 818 g/mol. The number of hydrogen-bond acceptors (Lipinski definition) is 20. The van der Waals surface area contributed by atoms with E-state index in [4.69, 9.17) is 39.3 Å². The second-order valence-corrected chi connectivity index (χ2v) is 14.8. The zero-order valence-electron chi connectivity index (χ0n) is 31.7. The molecule has 19 atom stereocenters. The average molecular weight is 819 g/mol. The van der Waals surface area contributed by atoms with Gasteiger partial charge < -0.3 is 100 Å². The summed E-state index contributed by atoms with van der Waals surface area (Å²) in [5.41, 5.74) is 2.61. The van der Waals surface area contributed by atoms with Crippen LogP contribution in [0.4, 0.5) is 0 Å². The Labute approximate surface area is 321 Å². The van der Waals surface area contributed by atoms with Crippen molar-refractivity contribution in [2.45, 2.75) is 169 Å². The number of aliphatic hydroxyl groups excluding tert-OH is 10. The van der Waals surface area contributed by atoms with Gasteiger partial charge >= 0.3 is 11.9 Å². The number of aliphatic carboxylic acids is 2. The molecule has 5 heterocycles. The van der Waals surface area contributed by atoms with Gasteiger partial charge in [-0.1, -0.05) is 13.8 Å². The Morgan fingerprint density at radius 3 is 1.38 bits per heavy atom. The Kier molecular flexibility index (Phi) is 16.5. The summed E-state index contributed by atoms with van der Waals surface area (Å²) in [6.45, 7) is 8.79. The molecule has 23 heteroatoms. The molecule has 19 unspecified atom stereocenters. The van der Waals surface area contributed by atoms with Gasteiger partial charge in [-0.3, -0.25) is 4.79 Å². The zero-order chi connectivity index (χ0) is 42.8. The first kappa shape index (κ1) is 48.1. The van der Waals surface area contributed by atoms with Crippen molar-refractivity contribution in [2.24, 2.45) is 5.73 Å². The van der Waals surface area contributed by atoms with Crippen molar-refractivity contribution in [3.8, 4) is 0 Å². The van der Waals surface area contributed by atoms with Gasteiger partial charge in [-0.25, -0.2) is 9.59 Å². The molecule has 0 aromatic heterocycles. The van der Waals surface area contributed by atoms with Crippen molar-refractivity contribution in [3.63, 3.8) is 0 Å². The lowest BCUT2D eigenvalue weighted by atomic mass is 9.86. The van der Waals surface area contributed by atoms with E-state index in [0.29, 0.717) is 6.41 Å². The molecule has 0 radical (unpaired) electrons. The van der Waals surface area contributed by atoms with E-state index in [9.17, 15) is 70.6 Å². The Bertz CT molecular complexity index is 1310. The lowest BCUT2D eigenvalue weighted by Gasteiger charge is -2.47. The summed E-state index contributed by atoms with van der Waals surface area (Å²) in [7, 11) is 0. The van der Waals surface area contributed by atoms with Crippen LogP contribution in [0.25, 0.3) is 0 Å². The maximum atomic E-state index is 11.3. The van der Waals surface area contributed by atoms with Crippen LogP contribution in [0, 0.1) is 0 Å². The molecule has 0 saturated carbocycles. The molecule has 0 bridgehead atoms. The fraction of sp³-hybridized carbons (Fsp3) is 0.909. The standard InChI is InChI=1S/C16H25NO11.C15H27NO10.C2H6/c1-16(2,13-10(23)8(21)9(22)12(27-13)15(24)25)28-11-5(3-18)26-14-6(7(11)20)17(14)4-19;1-15(2,26-11-6(4-17)24-5(3-16)7(11)18)13-10(21)8(19)9(20)12(25-13)14(22)23;1-2/h4-14,18,20-23H,3H2,1-2H3,(H,24,25);5-13,17-21H,3-4,16H2,1-2H3,(H,22,23);1-2H3. The molecule has 5 aliphatic heterocycles. The highest BCUT2D eigenvalue weighted by Crippen LogP contribution is 2.42. The van der Waals surface area contributed by atoms with Gasteiger partial charge in [-0.15, -0.1) is 0 Å². The molecular formula is C33H58N2O21. The minimum atomic E-state index is -1.85. The highest BCUT2D eigenvalue weighted by Gasteiger charge is 2.63. The summed E-state index contributed by atoms with van der Waals surface area (Å²) in [4.78, 5) is 34.8. The SMILES string of the molecule is CC.CC(C)(OC1C(CO)OC(CN)C1O)C1OC(C(=O)O)C(O)C(O)C1O.CC(C)(OC1C(CO)OC2C(C1O)N2C=O)C1OC(C(=O)O)C(O)C(O)C1O. The Balaban J connectivity index is 0.000000289. The molecule has 0 aromatic carbocycles. The highest BCUT2D eigenvalue weighted by atomic mass is 16.6. The minimum Gasteiger partial charge on any atom is -0.479 e. The number of amides is 1. The van der Waals surface area contributed by atoms with Crippen LogP contribution >= 0.6 is 0 Å². The van der Waals surface area contributed by atoms with Crippen molar-refractivity contribution in [3.05, 3.63) is 0 Å². The molecule has 5 fully saturated rings. The van der Waals surface area contributed by atoms with Gasteiger partial charge in [-0.05, 0) is 27.7 Å². The van der Waals surface area contributed by atoms with Gasteiger partial charge in [0.05, 0.1) is 30.5 Å². The van der Waals surface area contributed by atoms with Gasteiger partial charge in [0.2, 0.25) is 6.41 Å². The summed E-state index contributed by atoms with van der Waals surface area (Å²) < 4.78 is 33.2. The average Bonchev–Trinajstić information content (AvgIpc) is 3.78. The predicted octanol–water partition coefficient (Wildman–Crippen LogP) is -6.81. The van der Waals surface area contributed by atoms with Gasteiger partial charge in [0.25, 0.3) is 0 Å². The number of carboxylic acids is 2. The van der Waals surface area contributed by atoms with Crippen LogP contribution in [0.1, 0.15) is 41.5 Å². The van der Waals surface area contributed by atoms with Crippen molar-refractivity contribution >= 4 is 18.3 Å². The number of carbonyl (C=O) groups excluding carboxylic acids is 1. The molecule has 5 saturated heterocycles. The molecule has 56 heavy (non-hydrogen) atoms. The third kappa shape index (κ3) is 9.61. The Morgan fingerprint density at radius 2 is 1.02 bits per heavy atom. The molecule has 326 valence electrons. The van der Waals surface area contributed by atoms with Crippen LogP contribution in [0.2, 0.25) is 0 Å². The summed E-state index contributed by atoms with van der Waals surface area (Å²) in [6.07, 6.45) is -24.2. The van der Waals surface area contributed by atoms with E-state index in [1.165, 1.54) is 32.6 Å². The molecule has 5 aliphatic rings. The van der Waals surface area contributed by atoms with E-state index >= 15 is 0 Å². The third-order valence-electron chi connectivity index (χ3n) is 10.3. The summed E-state index contributed by atoms with van der Waals surface area (Å²) in [6, 6.07) is -0.655. The first-order chi connectivity index (χ1) is 26.1. The molecule has 0 aliphatic carbocycles. The fourth-order valence-corrected chi connectivity index (χ4v) is 7.29. The third-order valence-corrected chi connectivity index (χ3v) is 10.3. The fourth-order valence-electron chi connectivity index (χ4n) is 7.29. The largest absolute Gasteiger partial charge is 0.479 e. The van der Waals surface area contributed by atoms with Crippen molar-refractivity contribution in [1.82, 2.24) is 4.90 Å². The molecule has 5 rings (SSSR count). The molecule has 14 N–H and O–H groups in total. The van der Waals surface area contributed by atoms with Gasteiger partial charge in [-0.2, -0.15) is 0 Å². The van der Waals surface area contributed by atoms with Crippen molar-refractivity contribution in [1.29, 1.82) is 0 Å². The first-order valence-corrected chi connectivity index (χ1v) is 18.1. The normalized spacial score (nSPS) is 43.7. The van der Waals surface area contributed by atoms with E-state index < -0.39 is 152 Å². The minimum absolute atomic E-state index is 0.00744. The van der Waals surface area contributed by atoms with Gasteiger partial charge in [0, 0.05) is 6.54 Å². The molecule has 0 spiro atoms. The van der Waals surface area contributed by atoms with E-state index in [1.807, 2.05) is 13.8 Å². The maximum absolute atomic E-state index is 11.3. The number of carbonyl (C=O) groups is 3. The zero-order valence-corrected chi connectivity index (χ0v) is 31.7. The molecular weight excluding hydrogens is 760 g/mol. The van der Waals surface area contributed by atoms with Crippen LogP contribution in [-0.2, 0) is 42.8 Å².